The molecule has 0 saturated carbocycles. The number of nitrogens with one attached hydrogen (secondary N) is 2. The van der Waals surface area contributed by atoms with Crippen LogP contribution in [0.3, 0.4) is 0 Å². The number of ether oxygens (including phenoxy) is 3. The Hall–Kier alpha value is -3.76. The lowest BCUT2D eigenvalue weighted by Gasteiger charge is -2.12. The van der Waals surface area contributed by atoms with Gasteiger partial charge in [-0.2, -0.15) is 0 Å². The van der Waals surface area contributed by atoms with Gasteiger partial charge in [-0.05, 0) is 93.6 Å². The first-order chi connectivity index (χ1) is 20.4. The lowest BCUT2D eigenvalue weighted by atomic mass is 10.0. The normalized spacial score (nSPS) is 13.5. The number of aromatic amines is 1. The molecule has 0 bridgehead atoms. The van der Waals surface area contributed by atoms with Gasteiger partial charge in [0, 0.05) is 16.0 Å². The number of benzene rings is 2. The Morgan fingerprint density at radius 3 is 2.26 bits per heavy atom. The minimum absolute atomic E-state index is 0.199. The van der Waals surface area contributed by atoms with Crippen molar-refractivity contribution in [2.24, 2.45) is 0 Å². The summed E-state index contributed by atoms with van der Waals surface area (Å²) in [5, 5.41) is 3.75. The third kappa shape index (κ3) is 6.50. The van der Waals surface area contributed by atoms with E-state index in [9.17, 15) is 9.59 Å². The molecule has 1 aliphatic carbocycles. The standard InChI is InChI=1S/C32H35N3O5S2/c1-5-40-31(37)26-24-9-7-6-8-10-25(24)42-30(26)35-29(36)19(2)41-32-33-27(20-11-15-22(38-3)16-12-20)28(34-32)21-13-17-23(39-4)18-14-21/h11-19H,5-10H2,1-4H3,(H,33,34)(H,35,36). The van der Waals surface area contributed by atoms with E-state index in [4.69, 9.17) is 19.2 Å². The second kappa shape index (κ2) is 13.5. The lowest BCUT2D eigenvalue weighted by Crippen LogP contribution is -2.23. The predicted octanol–water partition coefficient (Wildman–Crippen LogP) is 7.39. The van der Waals surface area contributed by atoms with E-state index >= 15 is 0 Å². The highest BCUT2D eigenvalue weighted by Gasteiger charge is 2.28. The summed E-state index contributed by atoms with van der Waals surface area (Å²) in [6.07, 6.45) is 5.00. The van der Waals surface area contributed by atoms with Crippen LogP contribution in [0.2, 0.25) is 0 Å². The number of esters is 1. The summed E-state index contributed by atoms with van der Waals surface area (Å²) < 4.78 is 16.0. The highest BCUT2D eigenvalue weighted by Crippen LogP contribution is 2.39. The zero-order valence-electron chi connectivity index (χ0n) is 24.2. The molecule has 2 aromatic carbocycles. The summed E-state index contributed by atoms with van der Waals surface area (Å²) in [5.41, 5.74) is 5.02. The molecule has 1 atom stereocenters. The number of aromatic nitrogens is 2. The van der Waals surface area contributed by atoms with Crippen molar-refractivity contribution in [1.29, 1.82) is 0 Å². The van der Waals surface area contributed by atoms with Gasteiger partial charge in [-0.1, -0.05) is 18.2 Å². The third-order valence-corrected chi connectivity index (χ3v) is 9.41. The van der Waals surface area contributed by atoms with E-state index in [1.165, 1.54) is 28.0 Å². The molecule has 2 N–H and O–H groups in total. The van der Waals surface area contributed by atoms with Gasteiger partial charge in [0.15, 0.2) is 5.16 Å². The van der Waals surface area contributed by atoms with Gasteiger partial charge >= 0.3 is 5.97 Å². The summed E-state index contributed by atoms with van der Waals surface area (Å²) in [5.74, 6) is 0.952. The fraction of sp³-hybridized carbons (Fsp3) is 0.344. The molecule has 4 aromatic rings. The predicted molar refractivity (Wildman–Crippen MR) is 168 cm³/mol. The molecule has 8 nitrogen and oxygen atoms in total. The zero-order chi connectivity index (χ0) is 29.6. The Bertz CT molecular complexity index is 1480. The number of nitrogens with zero attached hydrogens (tertiary/aromatic N) is 1. The van der Waals surface area contributed by atoms with Crippen molar-refractivity contribution < 1.29 is 23.8 Å². The van der Waals surface area contributed by atoms with E-state index in [0.29, 0.717) is 15.7 Å². The second-order valence-electron chi connectivity index (χ2n) is 9.96. The average molecular weight is 606 g/mol. The number of aryl methyl sites for hydroxylation is 1. The van der Waals surface area contributed by atoms with E-state index < -0.39 is 5.25 Å². The van der Waals surface area contributed by atoms with Crippen molar-refractivity contribution in [2.45, 2.75) is 56.4 Å². The maximum atomic E-state index is 13.5. The third-order valence-electron chi connectivity index (χ3n) is 7.22. The molecular formula is C32H35N3O5S2. The number of thioether (sulfide) groups is 1. The highest BCUT2D eigenvalue weighted by molar-refractivity contribution is 8.00. The van der Waals surface area contributed by atoms with Crippen molar-refractivity contribution in [3.63, 3.8) is 0 Å². The molecule has 10 heteroatoms. The lowest BCUT2D eigenvalue weighted by molar-refractivity contribution is -0.115. The molecule has 0 saturated heterocycles. The van der Waals surface area contributed by atoms with Gasteiger partial charge in [0.1, 0.15) is 16.5 Å². The number of amides is 1. The Morgan fingerprint density at radius 2 is 1.62 bits per heavy atom. The fourth-order valence-electron chi connectivity index (χ4n) is 5.02. The minimum atomic E-state index is -0.486. The monoisotopic (exact) mass is 605 g/mol. The molecule has 1 amide bonds. The Balaban J connectivity index is 1.41. The minimum Gasteiger partial charge on any atom is -0.497 e. The largest absolute Gasteiger partial charge is 0.497 e. The molecule has 2 aromatic heterocycles. The topological polar surface area (TPSA) is 103 Å². The van der Waals surface area contributed by atoms with Gasteiger partial charge in [-0.25, -0.2) is 9.78 Å². The molecule has 0 aliphatic heterocycles. The SMILES string of the molecule is CCOC(=O)c1c(NC(=O)C(C)Sc2nc(-c3ccc(OC)cc3)c(-c3ccc(OC)cc3)[nH]2)sc2c1CCCCC2. The van der Waals surface area contributed by atoms with Crippen LogP contribution in [0, 0.1) is 0 Å². The van der Waals surface area contributed by atoms with E-state index in [1.807, 2.05) is 55.5 Å². The molecule has 42 heavy (non-hydrogen) atoms. The first-order valence-electron chi connectivity index (χ1n) is 14.1. The number of hydrogen-bond donors (Lipinski definition) is 2. The number of H-pyrrole nitrogens is 1. The molecule has 0 spiro atoms. The van der Waals surface area contributed by atoms with Gasteiger partial charge in [0.2, 0.25) is 5.91 Å². The quantitative estimate of drug-likeness (QED) is 0.110. The fourth-order valence-corrected chi connectivity index (χ4v) is 7.10. The first-order valence-corrected chi connectivity index (χ1v) is 15.8. The van der Waals surface area contributed by atoms with Crippen LogP contribution < -0.4 is 14.8 Å². The van der Waals surface area contributed by atoms with Crippen LogP contribution >= 0.6 is 23.1 Å². The Labute approximate surface area is 254 Å². The molecule has 0 fully saturated rings. The van der Waals surface area contributed by atoms with Gasteiger partial charge in [-0.15, -0.1) is 11.3 Å². The van der Waals surface area contributed by atoms with E-state index in [-0.39, 0.29) is 18.5 Å². The van der Waals surface area contributed by atoms with Crippen molar-refractivity contribution in [3.05, 3.63) is 64.5 Å². The number of methoxy groups -OCH3 is 2. The number of fused-ring (bicyclic) bond motifs is 1. The summed E-state index contributed by atoms with van der Waals surface area (Å²) in [6, 6.07) is 15.5. The van der Waals surface area contributed by atoms with Crippen molar-refractivity contribution >= 4 is 40.0 Å². The maximum absolute atomic E-state index is 13.5. The Morgan fingerprint density at radius 1 is 0.976 bits per heavy atom. The van der Waals surface area contributed by atoms with Crippen molar-refractivity contribution in [2.75, 3.05) is 26.1 Å². The molecule has 1 aliphatic rings. The molecular weight excluding hydrogens is 571 g/mol. The summed E-state index contributed by atoms with van der Waals surface area (Å²) >= 11 is 2.84. The van der Waals surface area contributed by atoms with Crippen LogP contribution in [0.1, 0.15) is 53.9 Å². The number of thiophene rings is 1. The highest BCUT2D eigenvalue weighted by atomic mass is 32.2. The van der Waals surface area contributed by atoms with Crippen molar-refractivity contribution in [3.8, 4) is 34.0 Å². The smallest absolute Gasteiger partial charge is 0.341 e. The van der Waals surface area contributed by atoms with Crippen LogP contribution in [-0.4, -0.2) is 47.9 Å². The van der Waals surface area contributed by atoms with Crippen LogP contribution in [0.15, 0.2) is 53.7 Å². The van der Waals surface area contributed by atoms with E-state index in [1.54, 1.807) is 21.1 Å². The van der Waals surface area contributed by atoms with Gasteiger partial charge in [0.05, 0.1) is 43.0 Å². The average Bonchev–Trinajstić information content (AvgIpc) is 3.50. The van der Waals surface area contributed by atoms with Crippen LogP contribution in [0.5, 0.6) is 11.5 Å². The van der Waals surface area contributed by atoms with Crippen LogP contribution in [0.4, 0.5) is 5.00 Å². The number of imidazole rings is 1. The number of carbonyl (C=O) groups excluding carboxylic acids is 2. The van der Waals surface area contributed by atoms with Crippen LogP contribution in [0.25, 0.3) is 22.5 Å². The molecule has 5 rings (SSSR count). The molecule has 2 heterocycles. The molecule has 220 valence electrons. The Kier molecular flexibility index (Phi) is 9.54. The zero-order valence-corrected chi connectivity index (χ0v) is 25.9. The maximum Gasteiger partial charge on any atom is 0.341 e. The summed E-state index contributed by atoms with van der Waals surface area (Å²) in [4.78, 5) is 35.9. The van der Waals surface area contributed by atoms with Gasteiger partial charge in [0.25, 0.3) is 0 Å². The number of carbonyl (C=O) groups is 2. The second-order valence-corrected chi connectivity index (χ2v) is 12.4. The summed E-state index contributed by atoms with van der Waals surface area (Å²) in [7, 11) is 3.27. The number of hydrogen-bond acceptors (Lipinski definition) is 8. The van der Waals surface area contributed by atoms with Gasteiger partial charge in [-0.3, -0.25) is 4.79 Å². The number of rotatable bonds is 10. The summed E-state index contributed by atoms with van der Waals surface area (Å²) in [6.45, 7) is 3.92. The molecule has 1 unspecified atom stereocenters. The van der Waals surface area contributed by atoms with Crippen molar-refractivity contribution in [1.82, 2.24) is 9.97 Å². The number of anilines is 1. The van der Waals surface area contributed by atoms with Crippen LogP contribution in [-0.2, 0) is 22.4 Å². The van der Waals surface area contributed by atoms with E-state index in [0.717, 1.165) is 71.7 Å². The molecule has 0 radical (unpaired) electrons. The first kappa shape index (κ1) is 29.7. The van der Waals surface area contributed by atoms with E-state index in [2.05, 4.69) is 10.3 Å². The van der Waals surface area contributed by atoms with Gasteiger partial charge < -0.3 is 24.5 Å².